The van der Waals surface area contributed by atoms with E-state index in [1.807, 2.05) is 30.4 Å². The predicted octanol–water partition coefficient (Wildman–Crippen LogP) is 4.10. The third kappa shape index (κ3) is 3.10. The molecule has 1 aromatic rings. The van der Waals surface area contributed by atoms with Crippen molar-refractivity contribution in [1.29, 1.82) is 0 Å². The zero-order valence-electron chi connectivity index (χ0n) is 9.42. The summed E-state index contributed by atoms with van der Waals surface area (Å²) in [5, 5.41) is 10.9. The van der Waals surface area contributed by atoms with Crippen molar-refractivity contribution in [2.75, 3.05) is 5.33 Å². The lowest BCUT2D eigenvalue weighted by molar-refractivity contribution is 0.445. The van der Waals surface area contributed by atoms with Gasteiger partial charge in [0.1, 0.15) is 5.75 Å². The van der Waals surface area contributed by atoms with Gasteiger partial charge in [0.2, 0.25) is 0 Å². The number of benzene rings is 1. The number of para-hydroxylation sites is 1. The molecule has 0 bridgehead atoms. The molecule has 0 saturated heterocycles. The van der Waals surface area contributed by atoms with Crippen LogP contribution in [0.3, 0.4) is 0 Å². The molecule has 0 saturated carbocycles. The van der Waals surface area contributed by atoms with E-state index < -0.39 is 0 Å². The van der Waals surface area contributed by atoms with Crippen molar-refractivity contribution in [3.63, 3.8) is 0 Å². The fourth-order valence-corrected chi connectivity index (χ4v) is 1.66. The lowest BCUT2D eigenvalue weighted by Crippen LogP contribution is -2.11. The van der Waals surface area contributed by atoms with E-state index in [1.165, 1.54) is 0 Å². The number of phenols is 1. The molecule has 1 N–H and O–H groups in total. The molecule has 0 heterocycles. The molecule has 1 rings (SSSR count). The molecule has 82 valence electrons. The van der Waals surface area contributed by atoms with Crippen molar-refractivity contribution >= 4 is 22.0 Å². The molecule has 1 nitrogen and oxygen atoms in total. The van der Waals surface area contributed by atoms with Crippen molar-refractivity contribution < 1.29 is 5.11 Å². The Balaban J connectivity index is 3.17. The van der Waals surface area contributed by atoms with Crippen molar-refractivity contribution in [3.8, 4) is 5.75 Å². The molecule has 0 amide bonds. The molecule has 2 heteroatoms. The Morgan fingerprint density at radius 3 is 2.53 bits per heavy atom. The number of rotatable bonds is 2. The van der Waals surface area contributed by atoms with E-state index in [0.29, 0.717) is 5.75 Å². The first-order valence-corrected chi connectivity index (χ1v) is 6.14. The van der Waals surface area contributed by atoms with Crippen LogP contribution < -0.4 is 0 Å². The minimum Gasteiger partial charge on any atom is -0.507 e. The number of hydrogen-bond acceptors (Lipinski definition) is 1. The summed E-state index contributed by atoms with van der Waals surface area (Å²) in [6, 6.07) is 5.87. The first kappa shape index (κ1) is 12.3. The lowest BCUT2D eigenvalue weighted by atomic mass is 9.85. The molecule has 0 spiro atoms. The Morgan fingerprint density at radius 1 is 1.33 bits per heavy atom. The largest absolute Gasteiger partial charge is 0.507 e. The molecule has 1 aromatic carbocycles. The lowest BCUT2D eigenvalue weighted by Gasteiger charge is -2.21. The van der Waals surface area contributed by atoms with E-state index in [1.54, 1.807) is 0 Å². The fraction of sp³-hybridized carbons (Fsp3) is 0.385. The van der Waals surface area contributed by atoms with Crippen LogP contribution in [0.25, 0.3) is 6.08 Å². The third-order valence-corrected chi connectivity index (χ3v) is 2.64. The zero-order chi connectivity index (χ0) is 11.5. The molecule has 0 atom stereocenters. The second-order valence-corrected chi connectivity index (χ2v) is 5.20. The Labute approximate surface area is 100.0 Å². The van der Waals surface area contributed by atoms with Gasteiger partial charge in [0.05, 0.1) is 0 Å². The normalized spacial score (nSPS) is 12.3. The Morgan fingerprint density at radius 2 is 2.00 bits per heavy atom. The third-order valence-electron chi connectivity index (χ3n) is 2.26. The summed E-state index contributed by atoms with van der Waals surface area (Å²) < 4.78 is 0. The number of phenolic OH excluding ortho intramolecular Hbond substituents is 1. The van der Waals surface area contributed by atoms with E-state index >= 15 is 0 Å². The maximum atomic E-state index is 10.1. The molecule has 0 aliphatic heterocycles. The van der Waals surface area contributed by atoms with Crippen LogP contribution >= 0.6 is 15.9 Å². The van der Waals surface area contributed by atoms with Gasteiger partial charge >= 0.3 is 0 Å². The topological polar surface area (TPSA) is 20.2 Å². The maximum Gasteiger partial charge on any atom is 0.126 e. The maximum absolute atomic E-state index is 10.1. The van der Waals surface area contributed by atoms with E-state index in [-0.39, 0.29) is 5.41 Å². The SMILES string of the molecule is CC(C)(C)c1cccc(C=CCBr)c1O. The zero-order valence-corrected chi connectivity index (χ0v) is 11.0. The molecule has 0 fully saturated rings. The van der Waals surface area contributed by atoms with Crippen molar-refractivity contribution in [2.45, 2.75) is 26.2 Å². The van der Waals surface area contributed by atoms with Gasteiger partial charge in [0.15, 0.2) is 0 Å². The van der Waals surface area contributed by atoms with Crippen LogP contribution in [0.2, 0.25) is 0 Å². The highest BCUT2D eigenvalue weighted by molar-refractivity contribution is 9.09. The number of aromatic hydroxyl groups is 1. The van der Waals surface area contributed by atoms with Crippen LogP contribution in [0.15, 0.2) is 24.3 Å². The standard InChI is InChI=1S/C13H17BrO/c1-13(2,3)11-8-4-6-10(12(11)15)7-5-9-14/h4-8,15H,9H2,1-3H3. The summed E-state index contributed by atoms with van der Waals surface area (Å²) in [7, 11) is 0. The van der Waals surface area contributed by atoms with Crippen LogP contribution in [-0.2, 0) is 5.41 Å². The van der Waals surface area contributed by atoms with Gasteiger partial charge in [-0.15, -0.1) is 0 Å². The first-order valence-electron chi connectivity index (χ1n) is 5.02. The van der Waals surface area contributed by atoms with Gasteiger partial charge in [-0.3, -0.25) is 0 Å². The van der Waals surface area contributed by atoms with E-state index in [0.717, 1.165) is 16.5 Å². The highest BCUT2D eigenvalue weighted by Crippen LogP contribution is 2.33. The summed E-state index contributed by atoms with van der Waals surface area (Å²) in [5.74, 6) is 0.391. The smallest absolute Gasteiger partial charge is 0.126 e. The Kier molecular flexibility index (Phi) is 3.97. The van der Waals surface area contributed by atoms with Crippen LogP contribution in [0.5, 0.6) is 5.75 Å². The average molecular weight is 269 g/mol. The van der Waals surface area contributed by atoms with Gasteiger partial charge in [-0.05, 0) is 11.0 Å². The number of allylic oxidation sites excluding steroid dienone is 1. The van der Waals surface area contributed by atoms with Crippen LogP contribution in [0, 0.1) is 0 Å². The van der Waals surface area contributed by atoms with E-state index in [2.05, 4.69) is 36.7 Å². The van der Waals surface area contributed by atoms with Gasteiger partial charge in [-0.2, -0.15) is 0 Å². The Bertz CT molecular complexity index is 361. The quantitative estimate of drug-likeness (QED) is 0.801. The molecular formula is C13H17BrO. The summed E-state index contributed by atoms with van der Waals surface area (Å²) in [5.41, 5.74) is 1.84. The summed E-state index contributed by atoms with van der Waals surface area (Å²) in [6.45, 7) is 6.29. The van der Waals surface area contributed by atoms with Crippen LogP contribution in [-0.4, -0.2) is 10.4 Å². The van der Waals surface area contributed by atoms with Gasteiger partial charge in [0, 0.05) is 10.9 Å². The second-order valence-electron chi connectivity index (χ2n) is 4.55. The van der Waals surface area contributed by atoms with Gasteiger partial charge in [0.25, 0.3) is 0 Å². The van der Waals surface area contributed by atoms with E-state index in [4.69, 9.17) is 0 Å². The van der Waals surface area contributed by atoms with Gasteiger partial charge in [-0.1, -0.05) is 67.1 Å². The van der Waals surface area contributed by atoms with Crippen molar-refractivity contribution in [3.05, 3.63) is 35.4 Å². The van der Waals surface area contributed by atoms with Crippen molar-refractivity contribution in [1.82, 2.24) is 0 Å². The van der Waals surface area contributed by atoms with Gasteiger partial charge in [-0.25, -0.2) is 0 Å². The minimum atomic E-state index is -0.0255. The fourth-order valence-electron chi connectivity index (χ4n) is 1.47. The van der Waals surface area contributed by atoms with E-state index in [9.17, 15) is 5.11 Å². The molecule has 0 aromatic heterocycles. The predicted molar refractivity (Wildman–Crippen MR) is 69.6 cm³/mol. The number of alkyl halides is 1. The van der Waals surface area contributed by atoms with Crippen LogP contribution in [0.4, 0.5) is 0 Å². The molecule has 0 radical (unpaired) electrons. The second kappa shape index (κ2) is 4.84. The first-order chi connectivity index (χ1) is 6.96. The summed E-state index contributed by atoms with van der Waals surface area (Å²) in [4.78, 5) is 0. The number of hydrogen-bond donors (Lipinski definition) is 1. The van der Waals surface area contributed by atoms with Crippen LogP contribution in [0.1, 0.15) is 31.9 Å². The highest BCUT2D eigenvalue weighted by atomic mass is 79.9. The number of halogens is 1. The Hall–Kier alpha value is -0.760. The van der Waals surface area contributed by atoms with Gasteiger partial charge < -0.3 is 5.11 Å². The molecule has 15 heavy (non-hydrogen) atoms. The average Bonchev–Trinajstić information content (AvgIpc) is 2.14. The molecule has 0 aliphatic carbocycles. The molecule has 0 aliphatic rings. The highest BCUT2D eigenvalue weighted by Gasteiger charge is 2.18. The minimum absolute atomic E-state index is 0.0255. The van der Waals surface area contributed by atoms with Crippen molar-refractivity contribution in [2.24, 2.45) is 0 Å². The molecule has 0 unspecified atom stereocenters. The molecular weight excluding hydrogens is 252 g/mol. The monoisotopic (exact) mass is 268 g/mol. The summed E-state index contributed by atoms with van der Waals surface area (Å²) >= 11 is 3.32. The summed E-state index contributed by atoms with van der Waals surface area (Å²) in [6.07, 6.45) is 3.90.